The average molecular weight is 307 g/mol. The summed E-state index contributed by atoms with van der Waals surface area (Å²) >= 11 is 1.46. The molecule has 2 atom stereocenters. The second-order valence-corrected chi connectivity index (χ2v) is 6.39. The molecule has 4 nitrogen and oxygen atoms in total. The number of aliphatic carboxylic acids is 1. The zero-order valence-electron chi connectivity index (χ0n) is 12.2. The Morgan fingerprint density at radius 1 is 1.33 bits per heavy atom. The number of carbonyl (C=O) groups is 2. The van der Waals surface area contributed by atoms with Crippen molar-refractivity contribution >= 4 is 23.6 Å². The SMILES string of the molecule is CCC1CCN(C(=O)CSc2ccccc2)C(C(=O)O)C1. The third-order valence-corrected chi connectivity index (χ3v) is 5.00. The summed E-state index contributed by atoms with van der Waals surface area (Å²) in [4.78, 5) is 26.3. The fraction of sp³-hybridized carbons (Fsp3) is 0.500. The second-order valence-electron chi connectivity index (χ2n) is 5.34. The van der Waals surface area contributed by atoms with Crippen molar-refractivity contribution < 1.29 is 14.7 Å². The monoisotopic (exact) mass is 307 g/mol. The number of thioether (sulfide) groups is 1. The smallest absolute Gasteiger partial charge is 0.326 e. The van der Waals surface area contributed by atoms with Crippen LogP contribution in [0.25, 0.3) is 0 Å². The number of hydrogen-bond donors (Lipinski definition) is 1. The number of rotatable bonds is 5. The van der Waals surface area contributed by atoms with E-state index >= 15 is 0 Å². The summed E-state index contributed by atoms with van der Waals surface area (Å²) in [5.41, 5.74) is 0. The van der Waals surface area contributed by atoms with Gasteiger partial charge in [-0.05, 0) is 30.9 Å². The van der Waals surface area contributed by atoms with Crippen LogP contribution >= 0.6 is 11.8 Å². The van der Waals surface area contributed by atoms with Gasteiger partial charge in [0, 0.05) is 11.4 Å². The lowest BCUT2D eigenvalue weighted by atomic mass is 9.89. The van der Waals surface area contributed by atoms with Gasteiger partial charge in [0.2, 0.25) is 5.91 Å². The molecule has 114 valence electrons. The van der Waals surface area contributed by atoms with E-state index in [1.807, 2.05) is 30.3 Å². The molecular weight excluding hydrogens is 286 g/mol. The van der Waals surface area contributed by atoms with Crippen LogP contribution in [0, 0.1) is 5.92 Å². The zero-order chi connectivity index (χ0) is 15.2. The molecule has 1 aliphatic heterocycles. The Balaban J connectivity index is 1.95. The predicted molar refractivity (Wildman–Crippen MR) is 83.3 cm³/mol. The highest BCUT2D eigenvalue weighted by molar-refractivity contribution is 8.00. The quantitative estimate of drug-likeness (QED) is 0.850. The summed E-state index contributed by atoms with van der Waals surface area (Å²) in [5.74, 6) is -0.251. The van der Waals surface area contributed by atoms with Crippen molar-refractivity contribution in [3.8, 4) is 0 Å². The highest BCUT2D eigenvalue weighted by Crippen LogP contribution is 2.27. The molecule has 1 aromatic rings. The molecule has 1 fully saturated rings. The second kappa shape index (κ2) is 7.50. The molecule has 21 heavy (non-hydrogen) atoms. The van der Waals surface area contributed by atoms with Gasteiger partial charge in [-0.2, -0.15) is 0 Å². The summed E-state index contributed by atoms with van der Waals surface area (Å²) in [6.45, 7) is 2.63. The Kier molecular flexibility index (Phi) is 5.67. The Bertz CT molecular complexity index is 492. The summed E-state index contributed by atoms with van der Waals surface area (Å²) in [6, 6.07) is 9.04. The maximum Gasteiger partial charge on any atom is 0.326 e. The first kappa shape index (κ1) is 15.9. The van der Waals surface area contributed by atoms with E-state index in [1.54, 1.807) is 4.90 Å². The van der Waals surface area contributed by atoms with Gasteiger partial charge in [-0.3, -0.25) is 4.79 Å². The predicted octanol–water partition coefficient (Wildman–Crippen LogP) is 2.88. The van der Waals surface area contributed by atoms with E-state index < -0.39 is 12.0 Å². The van der Waals surface area contributed by atoms with Gasteiger partial charge in [0.05, 0.1) is 5.75 Å². The molecule has 1 amide bonds. The number of benzene rings is 1. The molecular formula is C16H21NO3S. The Hall–Kier alpha value is -1.49. The molecule has 0 aliphatic carbocycles. The normalized spacial score (nSPS) is 22.0. The van der Waals surface area contributed by atoms with E-state index in [0.29, 0.717) is 24.6 Å². The maximum absolute atomic E-state index is 12.3. The van der Waals surface area contributed by atoms with Crippen molar-refractivity contribution in [2.75, 3.05) is 12.3 Å². The molecule has 1 aliphatic rings. The fourth-order valence-electron chi connectivity index (χ4n) is 2.69. The van der Waals surface area contributed by atoms with Gasteiger partial charge < -0.3 is 10.0 Å². The molecule has 2 rings (SSSR count). The number of likely N-dealkylation sites (tertiary alicyclic amines) is 1. The minimum absolute atomic E-state index is 0.0780. The third kappa shape index (κ3) is 4.24. The van der Waals surface area contributed by atoms with Crippen molar-refractivity contribution in [1.82, 2.24) is 4.90 Å². The summed E-state index contributed by atoms with van der Waals surface area (Å²) < 4.78 is 0. The van der Waals surface area contributed by atoms with Gasteiger partial charge in [-0.1, -0.05) is 31.5 Å². The van der Waals surface area contributed by atoms with Gasteiger partial charge >= 0.3 is 5.97 Å². The standard InChI is InChI=1S/C16H21NO3S/c1-2-12-8-9-17(14(10-12)16(19)20)15(18)11-21-13-6-4-3-5-7-13/h3-7,12,14H,2,8-11H2,1H3,(H,19,20). The first-order valence-electron chi connectivity index (χ1n) is 7.32. The highest BCUT2D eigenvalue weighted by Gasteiger charge is 2.35. The number of amides is 1. The number of carboxylic acids is 1. The topological polar surface area (TPSA) is 57.6 Å². The Labute approximate surface area is 129 Å². The highest BCUT2D eigenvalue weighted by atomic mass is 32.2. The molecule has 1 N–H and O–H groups in total. The largest absolute Gasteiger partial charge is 0.480 e. The fourth-order valence-corrected chi connectivity index (χ4v) is 3.49. The van der Waals surface area contributed by atoms with Crippen LogP contribution in [-0.2, 0) is 9.59 Å². The number of carbonyl (C=O) groups excluding carboxylic acids is 1. The molecule has 0 aromatic heterocycles. The number of hydrogen-bond acceptors (Lipinski definition) is 3. The van der Waals surface area contributed by atoms with Crippen molar-refractivity contribution in [1.29, 1.82) is 0 Å². The third-order valence-electron chi connectivity index (χ3n) is 4.00. The van der Waals surface area contributed by atoms with E-state index in [1.165, 1.54) is 11.8 Å². The van der Waals surface area contributed by atoms with Crippen LogP contribution in [0.1, 0.15) is 26.2 Å². The zero-order valence-corrected chi connectivity index (χ0v) is 13.0. The van der Waals surface area contributed by atoms with Crippen LogP contribution < -0.4 is 0 Å². The molecule has 5 heteroatoms. The van der Waals surface area contributed by atoms with Crippen LogP contribution in [0.15, 0.2) is 35.2 Å². The molecule has 0 bridgehead atoms. The van der Waals surface area contributed by atoms with Crippen molar-refractivity contribution in [3.05, 3.63) is 30.3 Å². The van der Waals surface area contributed by atoms with Crippen molar-refractivity contribution in [3.63, 3.8) is 0 Å². The van der Waals surface area contributed by atoms with E-state index in [4.69, 9.17) is 0 Å². The van der Waals surface area contributed by atoms with Crippen LogP contribution in [0.3, 0.4) is 0 Å². The first-order chi connectivity index (χ1) is 10.1. The number of nitrogens with zero attached hydrogens (tertiary/aromatic N) is 1. The van der Waals surface area contributed by atoms with E-state index in [-0.39, 0.29) is 5.91 Å². The first-order valence-corrected chi connectivity index (χ1v) is 8.30. The van der Waals surface area contributed by atoms with Crippen LogP contribution in [0.2, 0.25) is 0 Å². The number of carboxylic acid groups (broad SMARTS) is 1. The maximum atomic E-state index is 12.3. The van der Waals surface area contributed by atoms with Crippen LogP contribution in [0.4, 0.5) is 0 Å². The number of piperidine rings is 1. The summed E-state index contributed by atoms with van der Waals surface area (Å²) in [7, 11) is 0. The van der Waals surface area contributed by atoms with Gasteiger partial charge in [-0.15, -0.1) is 11.8 Å². The Morgan fingerprint density at radius 2 is 2.05 bits per heavy atom. The molecule has 1 heterocycles. The molecule has 0 radical (unpaired) electrons. The van der Waals surface area contributed by atoms with Gasteiger partial charge in [0.15, 0.2) is 0 Å². The minimum atomic E-state index is -0.883. The van der Waals surface area contributed by atoms with Gasteiger partial charge in [0.1, 0.15) is 6.04 Å². The van der Waals surface area contributed by atoms with Gasteiger partial charge in [-0.25, -0.2) is 4.79 Å². The van der Waals surface area contributed by atoms with Crippen molar-refractivity contribution in [2.45, 2.75) is 37.1 Å². The molecule has 1 aromatic carbocycles. The van der Waals surface area contributed by atoms with E-state index in [0.717, 1.165) is 17.7 Å². The van der Waals surface area contributed by atoms with Crippen molar-refractivity contribution in [2.24, 2.45) is 5.92 Å². The average Bonchev–Trinajstić information content (AvgIpc) is 2.52. The van der Waals surface area contributed by atoms with Crippen LogP contribution in [-0.4, -0.2) is 40.2 Å². The molecule has 0 saturated carbocycles. The van der Waals surface area contributed by atoms with E-state index in [2.05, 4.69) is 6.92 Å². The Morgan fingerprint density at radius 3 is 2.67 bits per heavy atom. The van der Waals surface area contributed by atoms with Crippen LogP contribution in [0.5, 0.6) is 0 Å². The lowest BCUT2D eigenvalue weighted by Gasteiger charge is -2.37. The minimum Gasteiger partial charge on any atom is -0.480 e. The molecule has 2 unspecified atom stereocenters. The lowest BCUT2D eigenvalue weighted by molar-refractivity contribution is -0.152. The molecule has 1 saturated heterocycles. The lowest BCUT2D eigenvalue weighted by Crippen LogP contribution is -2.50. The van der Waals surface area contributed by atoms with E-state index in [9.17, 15) is 14.7 Å². The van der Waals surface area contributed by atoms with Gasteiger partial charge in [0.25, 0.3) is 0 Å². The summed E-state index contributed by atoms with van der Waals surface area (Å²) in [6.07, 6.45) is 2.46. The molecule has 0 spiro atoms. The summed E-state index contributed by atoms with van der Waals surface area (Å²) in [5, 5.41) is 9.36.